The van der Waals surface area contributed by atoms with E-state index < -0.39 is 0 Å². The molecule has 1 amide bonds. The van der Waals surface area contributed by atoms with E-state index in [1.165, 1.54) is 18.2 Å². The van der Waals surface area contributed by atoms with Crippen LogP contribution in [0.25, 0.3) is 0 Å². The second kappa shape index (κ2) is 4.11. The van der Waals surface area contributed by atoms with E-state index in [0.29, 0.717) is 5.02 Å². The zero-order valence-corrected chi connectivity index (χ0v) is 9.72. The Kier molecular flexibility index (Phi) is 3.25. The molecule has 0 aliphatic rings. The first kappa shape index (κ1) is 11.9. The molecule has 1 aromatic rings. The van der Waals surface area contributed by atoms with E-state index in [1.54, 1.807) is 0 Å². The lowest BCUT2D eigenvalue weighted by molar-refractivity contribution is 0.0917. The number of aromatic hydroxyl groups is 1. The molecule has 0 radical (unpaired) electrons. The number of hydrogen-bond donors (Lipinski definition) is 2. The molecule has 0 saturated heterocycles. The predicted molar refractivity (Wildman–Crippen MR) is 60.3 cm³/mol. The summed E-state index contributed by atoms with van der Waals surface area (Å²) in [5.74, 6) is -0.399. The fourth-order valence-corrected chi connectivity index (χ4v) is 1.27. The average molecular weight is 228 g/mol. The van der Waals surface area contributed by atoms with Gasteiger partial charge in [-0.25, -0.2) is 0 Å². The van der Waals surface area contributed by atoms with Crippen LogP contribution in [0.1, 0.15) is 31.1 Å². The molecule has 15 heavy (non-hydrogen) atoms. The molecule has 0 aliphatic carbocycles. The van der Waals surface area contributed by atoms with E-state index in [0.717, 1.165) is 0 Å². The van der Waals surface area contributed by atoms with E-state index in [2.05, 4.69) is 5.32 Å². The Morgan fingerprint density at radius 2 is 2.00 bits per heavy atom. The lowest BCUT2D eigenvalue weighted by Gasteiger charge is -2.20. The minimum atomic E-state index is -0.341. The normalized spacial score (nSPS) is 11.2. The first-order valence-electron chi connectivity index (χ1n) is 4.60. The zero-order chi connectivity index (χ0) is 11.6. The molecule has 0 saturated carbocycles. The monoisotopic (exact) mass is 227 g/mol. The summed E-state index contributed by atoms with van der Waals surface area (Å²) >= 11 is 5.74. The molecule has 0 atom stereocenters. The maximum absolute atomic E-state index is 11.7. The predicted octanol–water partition coefficient (Wildman–Crippen LogP) is 2.57. The van der Waals surface area contributed by atoms with Crippen molar-refractivity contribution in [1.29, 1.82) is 0 Å². The molecule has 0 spiro atoms. The molecule has 0 aromatic heterocycles. The highest BCUT2D eigenvalue weighted by atomic mass is 35.5. The van der Waals surface area contributed by atoms with Gasteiger partial charge in [0, 0.05) is 10.6 Å². The van der Waals surface area contributed by atoms with E-state index >= 15 is 0 Å². The molecule has 0 heterocycles. The highest BCUT2D eigenvalue weighted by Crippen LogP contribution is 2.21. The fraction of sp³-hybridized carbons (Fsp3) is 0.364. The number of nitrogens with one attached hydrogen (secondary N) is 1. The van der Waals surface area contributed by atoms with Crippen molar-refractivity contribution in [3.05, 3.63) is 28.8 Å². The Morgan fingerprint density at radius 1 is 1.40 bits per heavy atom. The number of halogens is 1. The maximum atomic E-state index is 11.7. The quantitative estimate of drug-likeness (QED) is 0.775. The summed E-state index contributed by atoms with van der Waals surface area (Å²) in [6.45, 7) is 5.60. The van der Waals surface area contributed by atoms with Gasteiger partial charge in [-0.1, -0.05) is 11.6 Å². The summed E-state index contributed by atoms with van der Waals surface area (Å²) in [5, 5.41) is 12.7. The number of carbonyl (C=O) groups is 1. The molecule has 1 rings (SSSR count). The Hall–Kier alpha value is -1.22. The Morgan fingerprint density at radius 3 is 2.53 bits per heavy atom. The summed E-state index contributed by atoms with van der Waals surface area (Å²) in [6.07, 6.45) is 0. The average Bonchev–Trinajstić information content (AvgIpc) is 2.06. The molecule has 3 nitrogen and oxygen atoms in total. The SMILES string of the molecule is CC(C)(C)NC(=O)c1cc(Cl)ccc1O. The van der Waals surface area contributed by atoms with Crippen LogP contribution < -0.4 is 5.32 Å². The van der Waals surface area contributed by atoms with Crippen molar-refractivity contribution in [2.24, 2.45) is 0 Å². The van der Waals surface area contributed by atoms with E-state index in [4.69, 9.17) is 11.6 Å². The summed E-state index contributed by atoms with van der Waals surface area (Å²) in [6, 6.07) is 4.38. The van der Waals surface area contributed by atoms with Crippen LogP contribution in [0.3, 0.4) is 0 Å². The van der Waals surface area contributed by atoms with E-state index in [1.807, 2.05) is 20.8 Å². The number of phenols is 1. The first-order valence-corrected chi connectivity index (χ1v) is 4.98. The largest absolute Gasteiger partial charge is 0.507 e. The van der Waals surface area contributed by atoms with Crippen LogP contribution in [-0.2, 0) is 0 Å². The van der Waals surface area contributed by atoms with Gasteiger partial charge in [0.15, 0.2) is 0 Å². The van der Waals surface area contributed by atoms with Gasteiger partial charge in [0.2, 0.25) is 0 Å². The van der Waals surface area contributed by atoms with E-state index in [-0.39, 0.29) is 22.8 Å². The Bertz CT molecular complexity index is 383. The third kappa shape index (κ3) is 3.44. The summed E-state index contributed by atoms with van der Waals surface area (Å²) in [5.41, 5.74) is -0.149. The van der Waals surface area contributed by atoms with Crippen molar-refractivity contribution in [2.45, 2.75) is 26.3 Å². The highest BCUT2D eigenvalue weighted by Gasteiger charge is 2.17. The van der Waals surface area contributed by atoms with Crippen LogP contribution in [0, 0.1) is 0 Å². The third-order valence-electron chi connectivity index (χ3n) is 1.69. The second-order valence-electron chi connectivity index (χ2n) is 4.37. The van der Waals surface area contributed by atoms with Crippen LogP contribution >= 0.6 is 11.6 Å². The standard InChI is InChI=1S/C11H14ClNO2/c1-11(2,3)13-10(15)8-6-7(12)4-5-9(8)14/h4-6,14H,1-3H3,(H,13,15). The number of hydrogen-bond acceptors (Lipinski definition) is 2. The summed E-state index contributed by atoms with van der Waals surface area (Å²) in [7, 11) is 0. The lowest BCUT2D eigenvalue weighted by Crippen LogP contribution is -2.40. The third-order valence-corrected chi connectivity index (χ3v) is 1.93. The van der Waals surface area contributed by atoms with Crippen LogP contribution in [0.15, 0.2) is 18.2 Å². The van der Waals surface area contributed by atoms with Gasteiger partial charge in [0.25, 0.3) is 5.91 Å². The van der Waals surface area contributed by atoms with Gasteiger partial charge in [0.1, 0.15) is 5.75 Å². The summed E-state index contributed by atoms with van der Waals surface area (Å²) < 4.78 is 0. The summed E-state index contributed by atoms with van der Waals surface area (Å²) in [4.78, 5) is 11.7. The van der Waals surface area contributed by atoms with Gasteiger partial charge in [-0.05, 0) is 39.0 Å². The molecule has 0 aliphatic heterocycles. The van der Waals surface area contributed by atoms with Crippen molar-refractivity contribution in [1.82, 2.24) is 5.32 Å². The molecular weight excluding hydrogens is 214 g/mol. The van der Waals surface area contributed by atoms with Crippen molar-refractivity contribution < 1.29 is 9.90 Å². The molecule has 1 aromatic carbocycles. The lowest BCUT2D eigenvalue weighted by atomic mass is 10.1. The number of rotatable bonds is 1. The van der Waals surface area contributed by atoms with Crippen LogP contribution in [-0.4, -0.2) is 16.6 Å². The number of carbonyl (C=O) groups excluding carboxylic acids is 1. The molecule has 82 valence electrons. The first-order chi connectivity index (χ1) is 6.79. The van der Waals surface area contributed by atoms with Gasteiger partial charge in [0.05, 0.1) is 5.56 Å². The van der Waals surface area contributed by atoms with Crippen LogP contribution in [0.5, 0.6) is 5.75 Å². The van der Waals surface area contributed by atoms with Gasteiger partial charge < -0.3 is 10.4 Å². The van der Waals surface area contributed by atoms with Crippen LogP contribution in [0.4, 0.5) is 0 Å². The van der Waals surface area contributed by atoms with Crippen molar-refractivity contribution in [3.8, 4) is 5.75 Å². The minimum absolute atomic E-state index is 0.0684. The zero-order valence-electron chi connectivity index (χ0n) is 8.97. The molecule has 0 unspecified atom stereocenters. The smallest absolute Gasteiger partial charge is 0.255 e. The van der Waals surface area contributed by atoms with Crippen molar-refractivity contribution >= 4 is 17.5 Å². The van der Waals surface area contributed by atoms with Crippen molar-refractivity contribution in [3.63, 3.8) is 0 Å². The Balaban J connectivity index is 2.96. The number of amides is 1. The van der Waals surface area contributed by atoms with Gasteiger partial charge in [-0.2, -0.15) is 0 Å². The van der Waals surface area contributed by atoms with Crippen molar-refractivity contribution in [2.75, 3.05) is 0 Å². The number of benzene rings is 1. The number of phenolic OH excluding ortho intramolecular Hbond substituents is 1. The van der Waals surface area contributed by atoms with Gasteiger partial charge in [-0.15, -0.1) is 0 Å². The van der Waals surface area contributed by atoms with Gasteiger partial charge >= 0.3 is 0 Å². The molecule has 0 fully saturated rings. The second-order valence-corrected chi connectivity index (χ2v) is 4.80. The minimum Gasteiger partial charge on any atom is -0.507 e. The Labute approximate surface area is 94.1 Å². The highest BCUT2D eigenvalue weighted by molar-refractivity contribution is 6.31. The maximum Gasteiger partial charge on any atom is 0.255 e. The topological polar surface area (TPSA) is 49.3 Å². The van der Waals surface area contributed by atoms with Crippen LogP contribution in [0.2, 0.25) is 5.02 Å². The molecular formula is C11H14ClNO2. The van der Waals surface area contributed by atoms with E-state index in [9.17, 15) is 9.90 Å². The fourth-order valence-electron chi connectivity index (χ4n) is 1.10. The molecule has 2 N–H and O–H groups in total. The molecule has 0 bridgehead atoms. The van der Waals surface area contributed by atoms with Gasteiger partial charge in [-0.3, -0.25) is 4.79 Å². The molecule has 4 heteroatoms.